The number of benzene rings is 1. The lowest BCUT2D eigenvalue weighted by atomic mass is 10.2. The van der Waals surface area contributed by atoms with E-state index in [1.807, 2.05) is 55.1 Å². The predicted molar refractivity (Wildman–Crippen MR) is 75.3 cm³/mol. The van der Waals surface area contributed by atoms with Crippen molar-refractivity contribution in [2.75, 3.05) is 0 Å². The summed E-state index contributed by atoms with van der Waals surface area (Å²) >= 11 is 0. The molecule has 3 nitrogen and oxygen atoms in total. The summed E-state index contributed by atoms with van der Waals surface area (Å²) in [6, 6.07) is 11.7. The molecule has 18 heavy (non-hydrogen) atoms. The van der Waals surface area contributed by atoms with Gasteiger partial charge in [0, 0.05) is 24.5 Å². The molecule has 0 aliphatic carbocycles. The topological polar surface area (TPSA) is 26.9 Å². The molecule has 0 aliphatic heterocycles. The SMILES string of the molecule is CCc1cc(=O)n(/C(C)=C/c2ccccc2)n1C. The molecule has 0 saturated carbocycles. The van der Waals surface area contributed by atoms with E-state index < -0.39 is 0 Å². The monoisotopic (exact) mass is 242 g/mol. The summed E-state index contributed by atoms with van der Waals surface area (Å²) in [7, 11) is 1.92. The van der Waals surface area contributed by atoms with Gasteiger partial charge < -0.3 is 0 Å². The highest BCUT2D eigenvalue weighted by molar-refractivity contribution is 5.69. The third-order valence-corrected chi connectivity index (χ3v) is 3.09. The van der Waals surface area contributed by atoms with Crippen LogP contribution in [0.5, 0.6) is 0 Å². The fraction of sp³-hybridized carbons (Fsp3) is 0.267. The van der Waals surface area contributed by atoms with Crippen LogP contribution in [0.3, 0.4) is 0 Å². The fourth-order valence-corrected chi connectivity index (χ4v) is 2.17. The Kier molecular flexibility index (Phi) is 3.51. The molecule has 1 aromatic heterocycles. The minimum atomic E-state index is 0.0269. The van der Waals surface area contributed by atoms with Crippen molar-refractivity contribution in [3.63, 3.8) is 0 Å². The highest BCUT2D eigenvalue weighted by Gasteiger charge is 2.07. The molecule has 0 atom stereocenters. The third kappa shape index (κ3) is 2.30. The Labute approximate surface area is 107 Å². The van der Waals surface area contributed by atoms with Gasteiger partial charge in [-0.2, -0.15) is 0 Å². The molecule has 0 unspecified atom stereocenters. The number of aromatic nitrogens is 2. The van der Waals surface area contributed by atoms with Crippen LogP contribution in [0.15, 0.2) is 41.2 Å². The Morgan fingerprint density at radius 3 is 2.50 bits per heavy atom. The van der Waals surface area contributed by atoms with Gasteiger partial charge in [0.1, 0.15) is 0 Å². The van der Waals surface area contributed by atoms with Gasteiger partial charge in [-0.15, -0.1) is 0 Å². The lowest BCUT2D eigenvalue weighted by molar-refractivity contribution is 0.628. The van der Waals surface area contributed by atoms with Gasteiger partial charge in [-0.05, 0) is 25.0 Å². The van der Waals surface area contributed by atoms with Crippen molar-refractivity contribution in [1.82, 2.24) is 9.36 Å². The highest BCUT2D eigenvalue weighted by atomic mass is 16.1. The normalized spacial score (nSPS) is 11.8. The molecule has 0 fully saturated rings. The second-order valence-corrected chi connectivity index (χ2v) is 4.36. The average Bonchev–Trinajstić information content (AvgIpc) is 2.65. The lowest BCUT2D eigenvalue weighted by Crippen LogP contribution is -2.19. The molecular formula is C15H18N2O. The van der Waals surface area contributed by atoms with Crippen molar-refractivity contribution in [3.8, 4) is 0 Å². The molecule has 2 aromatic rings. The smallest absolute Gasteiger partial charge is 0.271 e. The van der Waals surface area contributed by atoms with E-state index in [1.54, 1.807) is 10.7 Å². The van der Waals surface area contributed by atoms with Gasteiger partial charge in [0.05, 0.1) is 0 Å². The Morgan fingerprint density at radius 1 is 1.28 bits per heavy atom. The molecule has 2 rings (SSSR count). The van der Waals surface area contributed by atoms with E-state index in [9.17, 15) is 4.79 Å². The van der Waals surface area contributed by atoms with Crippen LogP contribution in [-0.4, -0.2) is 9.36 Å². The van der Waals surface area contributed by atoms with Crippen molar-refractivity contribution in [3.05, 3.63) is 58.0 Å². The van der Waals surface area contributed by atoms with Crippen LogP contribution >= 0.6 is 0 Å². The van der Waals surface area contributed by atoms with Crippen molar-refractivity contribution >= 4 is 11.8 Å². The molecule has 1 aromatic carbocycles. The van der Waals surface area contributed by atoms with Crippen LogP contribution in [-0.2, 0) is 13.5 Å². The maximum Gasteiger partial charge on any atom is 0.271 e. The van der Waals surface area contributed by atoms with Crippen molar-refractivity contribution in [1.29, 1.82) is 0 Å². The summed E-state index contributed by atoms with van der Waals surface area (Å²) in [5.74, 6) is 0. The van der Waals surface area contributed by atoms with Gasteiger partial charge in [-0.1, -0.05) is 37.3 Å². The highest BCUT2D eigenvalue weighted by Crippen LogP contribution is 2.10. The van der Waals surface area contributed by atoms with Crippen LogP contribution in [0.4, 0.5) is 0 Å². The average molecular weight is 242 g/mol. The maximum atomic E-state index is 12.0. The molecule has 1 heterocycles. The second-order valence-electron chi connectivity index (χ2n) is 4.36. The minimum Gasteiger partial charge on any atom is -0.285 e. The van der Waals surface area contributed by atoms with Gasteiger partial charge in [0.2, 0.25) is 0 Å². The van der Waals surface area contributed by atoms with Crippen LogP contribution in [0.2, 0.25) is 0 Å². The first-order chi connectivity index (χ1) is 8.63. The Hall–Kier alpha value is -2.03. The molecule has 0 aliphatic rings. The zero-order valence-corrected chi connectivity index (χ0v) is 11.1. The number of rotatable bonds is 3. The van der Waals surface area contributed by atoms with E-state index in [0.29, 0.717) is 0 Å². The molecule has 0 radical (unpaired) electrons. The van der Waals surface area contributed by atoms with E-state index in [-0.39, 0.29) is 5.56 Å². The largest absolute Gasteiger partial charge is 0.285 e. The zero-order valence-electron chi connectivity index (χ0n) is 11.1. The van der Waals surface area contributed by atoms with Gasteiger partial charge in [0.15, 0.2) is 0 Å². The van der Waals surface area contributed by atoms with E-state index >= 15 is 0 Å². The molecule has 94 valence electrons. The first-order valence-electron chi connectivity index (χ1n) is 6.15. The van der Waals surface area contributed by atoms with Crippen LogP contribution in [0.1, 0.15) is 25.1 Å². The van der Waals surface area contributed by atoms with Gasteiger partial charge in [-0.25, -0.2) is 4.68 Å². The maximum absolute atomic E-state index is 12.0. The molecule has 0 spiro atoms. The first kappa shape index (κ1) is 12.4. The van der Waals surface area contributed by atoms with E-state index in [4.69, 9.17) is 0 Å². The minimum absolute atomic E-state index is 0.0269. The van der Waals surface area contributed by atoms with Crippen LogP contribution in [0.25, 0.3) is 11.8 Å². The van der Waals surface area contributed by atoms with Crippen LogP contribution in [0, 0.1) is 0 Å². The van der Waals surface area contributed by atoms with E-state index in [0.717, 1.165) is 23.4 Å². The summed E-state index contributed by atoms with van der Waals surface area (Å²) in [5.41, 5.74) is 3.09. The van der Waals surface area contributed by atoms with E-state index in [1.165, 1.54) is 0 Å². The number of hydrogen-bond donors (Lipinski definition) is 0. The molecule has 0 amide bonds. The zero-order chi connectivity index (χ0) is 13.1. The summed E-state index contributed by atoms with van der Waals surface area (Å²) in [4.78, 5) is 12.0. The molecule has 0 bridgehead atoms. The molecule has 3 heteroatoms. The number of allylic oxidation sites excluding steroid dienone is 1. The second kappa shape index (κ2) is 5.08. The number of hydrogen-bond acceptors (Lipinski definition) is 1. The summed E-state index contributed by atoms with van der Waals surface area (Å²) in [5, 5.41) is 0. The van der Waals surface area contributed by atoms with Gasteiger partial charge in [-0.3, -0.25) is 9.48 Å². The summed E-state index contributed by atoms with van der Waals surface area (Å²) < 4.78 is 3.61. The summed E-state index contributed by atoms with van der Waals surface area (Å²) in [6.45, 7) is 4.00. The van der Waals surface area contributed by atoms with E-state index in [2.05, 4.69) is 6.92 Å². The summed E-state index contributed by atoms with van der Waals surface area (Å²) in [6.07, 6.45) is 2.87. The lowest BCUT2D eigenvalue weighted by Gasteiger charge is -2.09. The molecule has 0 N–H and O–H groups in total. The quantitative estimate of drug-likeness (QED) is 0.813. The van der Waals surface area contributed by atoms with Crippen molar-refractivity contribution < 1.29 is 0 Å². The Balaban J connectivity index is 2.47. The van der Waals surface area contributed by atoms with Gasteiger partial charge >= 0.3 is 0 Å². The molecular weight excluding hydrogens is 224 g/mol. The first-order valence-corrected chi connectivity index (χ1v) is 6.15. The van der Waals surface area contributed by atoms with Crippen LogP contribution < -0.4 is 5.56 Å². The number of nitrogens with zero attached hydrogens (tertiary/aromatic N) is 2. The fourth-order valence-electron chi connectivity index (χ4n) is 2.17. The third-order valence-electron chi connectivity index (χ3n) is 3.09. The molecule has 0 saturated heterocycles. The van der Waals surface area contributed by atoms with Crippen molar-refractivity contribution in [2.24, 2.45) is 7.05 Å². The van der Waals surface area contributed by atoms with Crippen molar-refractivity contribution in [2.45, 2.75) is 20.3 Å². The Bertz CT molecular complexity index is 618. The Morgan fingerprint density at radius 2 is 1.94 bits per heavy atom. The number of aryl methyl sites for hydroxylation is 1. The predicted octanol–water partition coefficient (Wildman–Crippen LogP) is 2.77. The standard InChI is InChI=1S/C15H18N2O/c1-4-14-11-15(18)17(16(14)3)12(2)10-13-8-6-5-7-9-13/h5-11H,4H2,1-3H3/b12-10+. The van der Waals surface area contributed by atoms with Gasteiger partial charge in [0.25, 0.3) is 5.56 Å².